The number of carbonyl (C=O) groups is 1. The number of nitrogens with zero attached hydrogens (tertiary/aromatic N) is 1. The molecule has 0 aromatic heterocycles. The molecule has 1 atom stereocenters. The van der Waals surface area contributed by atoms with Crippen molar-refractivity contribution in [3.8, 4) is 6.07 Å². The van der Waals surface area contributed by atoms with Crippen LogP contribution in [0.5, 0.6) is 0 Å². The molecule has 1 unspecified atom stereocenters. The largest absolute Gasteiger partial charge is 0.396 e. The number of rotatable bonds is 7. The molecule has 0 aliphatic rings. The number of aliphatic hydroxyl groups excluding tert-OH is 1. The maximum Gasteiger partial charge on any atom is 0.252 e. The van der Waals surface area contributed by atoms with E-state index in [9.17, 15) is 10.1 Å². The molecule has 0 saturated carbocycles. The third-order valence-electron chi connectivity index (χ3n) is 3.53. The second kappa shape index (κ2) is 9.11. The topological polar surface area (TPSA) is 73.1 Å². The average Bonchev–Trinajstić information content (AvgIpc) is 2.60. The zero-order valence-corrected chi connectivity index (χ0v) is 14.3. The monoisotopic (exact) mass is 340 g/mol. The van der Waals surface area contributed by atoms with Gasteiger partial charge < -0.3 is 10.4 Å². The predicted octanol–water partition coefficient (Wildman–Crippen LogP) is 3.60. The quantitative estimate of drug-likeness (QED) is 0.808. The first kappa shape index (κ1) is 18.1. The van der Waals surface area contributed by atoms with Gasteiger partial charge in [-0.05, 0) is 44.0 Å². The highest BCUT2D eigenvalue weighted by molar-refractivity contribution is 7.99. The Morgan fingerprint density at radius 3 is 2.58 bits per heavy atom. The van der Waals surface area contributed by atoms with Crippen molar-refractivity contribution in [2.24, 2.45) is 0 Å². The van der Waals surface area contributed by atoms with Gasteiger partial charge >= 0.3 is 0 Å². The number of carbonyl (C=O) groups excluding carboxylic acids is 1. The molecule has 0 fully saturated rings. The number of benzene rings is 2. The first-order chi connectivity index (χ1) is 11.7. The van der Waals surface area contributed by atoms with E-state index in [1.807, 2.05) is 43.3 Å². The van der Waals surface area contributed by atoms with Gasteiger partial charge in [0.15, 0.2) is 0 Å². The molecule has 5 heteroatoms. The summed E-state index contributed by atoms with van der Waals surface area (Å²) < 4.78 is 0. The summed E-state index contributed by atoms with van der Waals surface area (Å²) in [5.41, 5.74) is 1.18. The number of nitrogens with one attached hydrogen (secondary N) is 1. The summed E-state index contributed by atoms with van der Waals surface area (Å²) in [5.74, 6) is -0.141. The van der Waals surface area contributed by atoms with E-state index < -0.39 is 0 Å². The third kappa shape index (κ3) is 4.85. The van der Waals surface area contributed by atoms with E-state index in [0.717, 1.165) is 16.2 Å². The van der Waals surface area contributed by atoms with Gasteiger partial charge in [0.05, 0.1) is 11.1 Å². The van der Waals surface area contributed by atoms with Crippen molar-refractivity contribution < 1.29 is 9.90 Å². The van der Waals surface area contributed by atoms with Gasteiger partial charge in [-0.15, -0.1) is 0 Å². The lowest BCUT2D eigenvalue weighted by molar-refractivity contribution is 0.0933. The Hall–Kier alpha value is -2.29. The molecule has 0 aliphatic heterocycles. The van der Waals surface area contributed by atoms with Gasteiger partial charge in [-0.1, -0.05) is 36.0 Å². The Morgan fingerprint density at radius 2 is 1.88 bits per heavy atom. The predicted molar refractivity (Wildman–Crippen MR) is 95.0 cm³/mol. The molecule has 0 heterocycles. The minimum atomic E-state index is -0.141. The maximum absolute atomic E-state index is 12.5. The Balaban J connectivity index is 2.18. The summed E-state index contributed by atoms with van der Waals surface area (Å²) in [6.07, 6.45) is 1.39. The molecule has 2 N–H and O–H groups in total. The van der Waals surface area contributed by atoms with Crippen molar-refractivity contribution in [1.29, 1.82) is 5.26 Å². The van der Waals surface area contributed by atoms with E-state index >= 15 is 0 Å². The lowest BCUT2D eigenvalue weighted by Crippen LogP contribution is -2.32. The van der Waals surface area contributed by atoms with Crippen LogP contribution in [0.25, 0.3) is 0 Å². The smallest absolute Gasteiger partial charge is 0.252 e. The number of nitriles is 1. The van der Waals surface area contributed by atoms with E-state index in [4.69, 9.17) is 5.11 Å². The van der Waals surface area contributed by atoms with Gasteiger partial charge in [0, 0.05) is 22.4 Å². The van der Waals surface area contributed by atoms with Crippen molar-refractivity contribution >= 4 is 17.7 Å². The van der Waals surface area contributed by atoms with E-state index in [1.165, 1.54) is 11.8 Å². The number of aliphatic hydroxyl groups is 1. The van der Waals surface area contributed by atoms with Gasteiger partial charge in [-0.25, -0.2) is 0 Å². The standard InChI is InChI=1S/C19H20N2O2S/c1-14(7-6-12-22)21-19(23)16-9-3-5-11-18(16)24-17-10-4-2-8-15(17)13-20/h2-5,8-11,14,22H,6-7,12H2,1H3,(H,21,23). The van der Waals surface area contributed by atoms with Gasteiger partial charge in [0.2, 0.25) is 0 Å². The lowest BCUT2D eigenvalue weighted by Gasteiger charge is -2.15. The molecule has 0 spiro atoms. The van der Waals surface area contributed by atoms with Crippen molar-refractivity contribution in [3.05, 3.63) is 59.7 Å². The highest BCUT2D eigenvalue weighted by Gasteiger charge is 2.15. The van der Waals surface area contributed by atoms with Crippen LogP contribution in [0.2, 0.25) is 0 Å². The molecule has 4 nitrogen and oxygen atoms in total. The van der Waals surface area contributed by atoms with Crippen LogP contribution in [-0.2, 0) is 0 Å². The van der Waals surface area contributed by atoms with Crippen LogP contribution in [0.15, 0.2) is 58.3 Å². The van der Waals surface area contributed by atoms with E-state index in [0.29, 0.717) is 17.5 Å². The Kier molecular flexibility index (Phi) is 6.86. The van der Waals surface area contributed by atoms with Crippen molar-refractivity contribution in [2.45, 2.75) is 35.6 Å². The minimum absolute atomic E-state index is 0.00546. The van der Waals surface area contributed by atoms with Crippen LogP contribution in [-0.4, -0.2) is 23.7 Å². The SMILES string of the molecule is CC(CCCO)NC(=O)c1ccccc1Sc1ccccc1C#N. The van der Waals surface area contributed by atoms with Gasteiger partial charge in [0.25, 0.3) is 5.91 Å². The summed E-state index contributed by atoms with van der Waals surface area (Å²) >= 11 is 1.42. The van der Waals surface area contributed by atoms with Gasteiger partial charge in [-0.2, -0.15) is 5.26 Å². The fourth-order valence-electron chi connectivity index (χ4n) is 2.28. The van der Waals surface area contributed by atoms with Crippen LogP contribution >= 0.6 is 11.8 Å². The van der Waals surface area contributed by atoms with Crippen LogP contribution in [0.3, 0.4) is 0 Å². The molecule has 2 rings (SSSR count). The fourth-order valence-corrected chi connectivity index (χ4v) is 3.31. The second-order valence-electron chi connectivity index (χ2n) is 5.45. The number of amides is 1. The Bertz CT molecular complexity index is 740. The number of hydrogen-bond donors (Lipinski definition) is 2. The zero-order valence-electron chi connectivity index (χ0n) is 13.5. The molecule has 0 bridgehead atoms. The Morgan fingerprint density at radius 1 is 1.21 bits per heavy atom. The van der Waals surface area contributed by atoms with E-state index in [2.05, 4.69) is 11.4 Å². The average molecular weight is 340 g/mol. The van der Waals surface area contributed by atoms with Crippen molar-refractivity contribution in [1.82, 2.24) is 5.32 Å². The Labute approximate surface area is 146 Å². The highest BCUT2D eigenvalue weighted by Crippen LogP contribution is 2.32. The number of hydrogen-bond acceptors (Lipinski definition) is 4. The molecule has 0 saturated heterocycles. The minimum Gasteiger partial charge on any atom is -0.396 e. The van der Waals surface area contributed by atoms with Crippen molar-refractivity contribution in [2.75, 3.05) is 6.61 Å². The van der Waals surface area contributed by atoms with E-state index in [1.54, 1.807) is 12.1 Å². The highest BCUT2D eigenvalue weighted by atomic mass is 32.2. The molecule has 2 aromatic rings. The molecular weight excluding hydrogens is 320 g/mol. The van der Waals surface area contributed by atoms with Gasteiger partial charge in [0.1, 0.15) is 6.07 Å². The second-order valence-corrected chi connectivity index (χ2v) is 6.53. The van der Waals surface area contributed by atoms with Gasteiger partial charge in [-0.3, -0.25) is 4.79 Å². The summed E-state index contributed by atoms with van der Waals surface area (Å²) in [6.45, 7) is 2.05. The molecule has 2 aromatic carbocycles. The zero-order chi connectivity index (χ0) is 17.4. The van der Waals surface area contributed by atoms with E-state index in [-0.39, 0.29) is 18.6 Å². The summed E-state index contributed by atoms with van der Waals surface area (Å²) in [7, 11) is 0. The first-order valence-corrected chi connectivity index (χ1v) is 8.65. The van der Waals surface area contributed by atoms with Crippen LogP contribution in [0.1, 0.15) is 35.7 Å². The lowest BCUT2D eigenvalue weighted by atomic mass is 10.1. The summed E-state index contributed by atoms with van der Waals surface area (Å²) in [4.78, 5) is 14.2. The maximum atomic E-state index is 12.5. The van der Waals surface area contributed by atoms with Crippen LogP contribution in [0.4, 0.5) is 0 Å². The normalized spacial score (nSPS) is 11.5. The molecule has 0 radical (unpaired) electrons. The molecule has 124 valence electrons. The molecule has 24 heavy (non-hydrogen) atoms. The first-order valence-electron chi connectivity index (χ1n) is 7.83. The molecule has 1 amide bonds. The van der Waals surface area contributed by atoms with Crippen LogP contribution in [0, 0.1) is 11.3 Å². The third-order valence-corrected chi connectivity index (χ3v) is 4.68. The fraction of sp³-hybridized carbons (Fsp3) is 0.263. The van der Waals surface area contributed by atoms with Crippen LogP contribution < -0.4 is 5.32 Å². The van der Waals surface area contributed by atoms with Crippen molar-refractivity contribution in [3.63, 3.8) is 0 Å². The summed E-state index contributed by atoms with van der Waals surface area (Å²) in [6, 6.07) is 16.9. The molecule has 0 aliphatic carbocycles. The molecular formula is C19H20N2O2S. The summed E-state index contributed by atoms with van der Waals surface area (Å²) in [5, 5.41) is 21.1.